The quantitative estimate of drug-likeness (QED) is 0.222. The summed E-state index contributed by atoms with van der Waals surface area (Å²) in [4.78, 5) is 4.58. The maximum Gasteiger partial charge on any atom is 0.260 e. The molecule has 0 bridgehead atoms. The van der Waals surface area contributed by atoms with Crippen LogP contribution in [-0.4, -0.2) is 23.1 Å². The van der Waals surface area contributed by atoms with Gasteiger partial charge in [0, 0.05) is 29.2 Å². The van der Waals surface area contributed by atoms with E-state index in [2.05, 4.69) is 61.3 Å². The van der Waals surface area contributed by atoms with E-state index in [0.717, 1.165) is 33.9 Å². The van der Waals surface area contributed by atoms with Crippen molar-refractivity contribution in [1.29, 1.82) is 0 Å². The van der Waals surface area contributed by atoms with Crippen LogP contribution in [0.2, 0.25) is 0 Å². The fourth-order valence-electron chi connectivity index (χ4n) is 5.26. The molecule has 182 valence electrons. The second-order valence-electron chi connectivity index (χ2n) is 9.46. The first-order chi connectivity index (χ1) is 17.0. The van der Waals surface area contributed by atoms with Gasteiger partial charge in [-0.3, -0.25) is 0 Å². The highest BCUT2D eigenvalue weighted by molar-refractivity contribution is 7.85. The third-order valence-corrected chi connectivity index (χ3v) is 7.96. The minimum Gasteiger partial charge on any atom is -0.744 e. The lowest BCUT2D eigenvalue weighted by Gasteiger charge is -2.14. The van der Waals surface area contributed by atoms with Crippen LogP contribution in [0.1, 0.15) is 33.8 Å². The van der Waals surface area contributed by atoms with Gasteiger partial charge in [-0.25, -0.2) is 13.4 Å². The third-order valence-electron chi connectivity index (χ3n) is 6.82. The predicted octanol–water partition coefficient (Wildman–Crippen LogP) is 5.46. The van der Waals surface area contributed by atoms with Crippen LogP contribution in [0, 0.1) is 41.5 Å². The van der Waals surface area contributed by atoms with Crippen molar-refractivity contribution in [2.24, 2.45) is 0 Å². The second-order valence-corrected chi connectivity index (χ2v) is 10.8. The Labute approximate surface area is 211 Å². The highest BCUT2D eigenvalue weighted by Crippen LogP contribution is 2.45. The zero-order valence-corrected chi connectivity index (χ0v) is 22.0. The van der Waals surface area contributed by atoms with E-state index in [1.54, 1.807) is 26.0 Å². The molecule has 0 spiro atoms. The Morgan fingerprint density at radius 3 is 2.00 bits per heavy atom. The predicted molar refractivity (Wildman–Crippen MR) is 140 cm³/mol. The highest BCUT2D eigenvalue weighted by atomic mass is 32.2. The van der Waals surface area contributed by atoms with Crippen molar-refractivity contribution >= 4 is 26.4 Å². The van der Waals surface area contributed by atoms with Crippen LogP contribution >= 0.6 is 0 Å². The van der Waals surface area contributed by atoms with Crippen molar-refractivity contribution in [3.63, 3.8) is 0 Å². The van der Waals surface area contributed by atoms with E-state index in [1.807, 2.05) is 18.4 Å². The van der Waals surface area contributed by atoms with Crippen LogP contribution in [0.3, 0.4) is 0 Å². The summed E-state index contributed by atoms with van der Waals surface area (Å²) in [6.45, 7) is 11.3. The fourth-order valence-corrected chi connectivity index (χ4v) is 6.17. The van der Waals surface area contributed by atoms with Gasteiger partial charge in [-0.05, 0) is 66.6 Å². The Hall–Kier alpha value is -3.68. The molecule has 1 aliphatic rings. The summed E-state index contributed by atoms with van der Waals surface area (Å²) < 4.78 is 34.5. The molecule has 2 aromatic heterocycles. The first-order valence-corrected chi connectivity index (χ1v) is 13.2. The summed E-state index contributed by atoms with van der Waals surface area (Å²) >= 11 is 0. The number of rotatable bonds is 1. The van der Waals surface area contributed by atoms with E-state index in [9.17, 15) is 13.0 Å². The zero-order chi connectivity index (χ0) is 25.9. The maximum atomic E-state index is 10.8. The number of benzene rings is 3. The molecule has 7 heteroatoms. The van der Waals surface area contributed by atoms with Crippen LogP contribution in [0.4, 0.5) is 0 Å². The number of nitrogens with zero attached hydrogens (tertiary/aromatic N) is 3. The fraction of sp³-hybridized carbons (Fsp3) is 0.207. The number of hydrogen-bond donors (Lipinski definition) is 0. The largest absolute Gasteiger partial charge is 0.744 e. The molecule has 1 aliphatic carbocycles. The molecule has 0 fully saturated rings. The normalized spacial score (nSPS) is 12.0. The van der Waals surface area contributed by atoms with Crippen LogP contribution in [0.25, 0.3) is 38.7 Å². The Morgan fingerprint density at radius 1 is 0.778 bits per heavy atom. The van der Waals surface area contributed by atoms with Gasteiger partial charge in [-0.2, -0.15) is 0 Å². The van der Waals surface area contributed by atoms with Gasteiger partial charge in [0.05, 0.1) is 4.90 Å². The molecule has 6 rings (SSSR count). The van der Waals surface area contributed by atoms with Gasteiger partial charge in [-0.15, -0.1) is 0 Å². The molecule has 0 radical (unpaired) electrons. The lowest BCUT2D eigenvalue weighted by Crippen LogP contribution is -2.33. The van der Waals surface area contributed by atoms with Crippen LogP contribution in [0.15, 0.2) is 59.5 Å². The topological polar surface area (TPSA) is 87.1 Å². The van der Waals surface area contributed by atoms with Crippen LogP contribution in [0.5, 0.6) is 0 Å². The molecule has 0 saturated heterocycles. The summed E-state index contributed by atoms with van der Waals surface area (Å²) in [6.07, 6.45) is 0. The lowest BCUT2D eigenvalue weighted by atomic mass is 10.0. The molecular formula is C29H27N3O3S. The van der Waals surface area contributed by atoms with Crippen LogP contribution in [-0.2, 0) is 10.1 Å². The van der Waals surface area contributed by atoms with Crippen molar-refractivity contribution < 1.29 is 17.5 Å². The highest BCUT2D eigenvalue weighted by Gasteiger charge is 2.28. The van der Waals surface area contributed by atoms with Gasteiger partial charge < -0.3 is 4.55 Å². The monoisotopic (exact) mass is 497 g/mol. The Morgan fingerprint density at radius 2 is 1.39 bits per heavy atom. The summed E-state index contributed by atoms with van der Waals surface area (Å²) in [7, 11) is -4.33. The van der Waals surface area contributed by atoms with Crippen molar-refractivity contribution in [2.75, 3.05) is 0 Å². The first kappa shape index (κ1) is 24.0. The number of aryl methyl sites for hydroxylation is 6. The van der Waals surface area contributed by atoms with E-state index in [4.69, 9.17) is 5.10 Å². The summed E-state index contributed by atoms with van der Waals surface area (Å²) in [6, 6.07) is 18.6. The molecule has 5 aromatic rings. The average Bonchev–Trinajstić information content (AvgIpc) is 3.11. The molecule has 0 unspecified atom stereocenters. The molecule has 0 saturated carbocycles. The molecule has 0 aliphatic heterocycles. The molecule has 0 atom stereocenters. The van der Waals surface area contributed by atoms with E-state index < -0.39 is 10.1 Å². The van der Waals surface area contributed by atoms with E-state index in [1.165, 1.54) is 27.5 Å². The Bertz CT molecular complexity index is 1800. The van der Waals surface area contributed by atoms with Gasteiger partial charge in [0.25, 0.3) is 5.52 Å². The molecule has 6 nitrogen and oxygen atoms in total. The van der Waals surface area contributed by atoms with Crippen molar-refractivity contribution in [2.45, 2.75) is 46.4 Å². The van der Waals surface area contributed by atoms with Gasteiger partial charge in [0.1, 0.15) is 27.2 Å². The summed E-state index contributed by atoms with van der Waals surface area (Å²) in [5.74, 6) is 0. The van der Waals surface area contributed by atoms with Crippen LogP contribution < -0.4 is 4.52 Å². The standard InChI is InChI=1S/C20H16N3.C9H12O3S/c1-11-13(3)23-18(12(2)21-11)10-17-15-8-4-6-14-7-5-9-16(19(14)15)20(17)22-23;1-6-4-7(2)9(8(3)5-6)13(10,11)12/h4-10H,1-3H3;4-5H,1-3H3,(H,10,11,12)/q+1;/p-1. The molecule has 3 aromatic carbocycles. The molecule has 36 heavy (non-hydrogen) atoms. The van der Waals surface area contributed by atoms with E-state index in [-0.39, 0.29) is 4.90 Å². The molecular weight excluding hydrogens is 470 g/mol. The number of aromatic nitrogens is 3. The van der Waals surface area contributed by atoms with Crippen molar-refractivity contribution in [1.82, 2.24) is 10.1 Å². The molecule has 2 heterocycles. The second kappa shape index (κ2) is 8.47. The van der Waals surface area contributed by atoms with Gasteiger partial charge in [0.15, 0.2) is 0 Å². The minimum absolute atomic E-state index is 0.0851. The number of hydrogen-bond acceptors (Lipinski definition) is 5. The van der Waals surface area contributed by atoms with Gasteiger partial charge >= 0.3 is 0 Å². The summed E-state index contributed by atoms with van der Waals surface area (Å²) in [5, 5.41) is 7.58. The minimum atomic E-state index is -4.33. The zero-order valence-electron chi connectivity index (χ0n) is 21.2. The van der Waals surface area contributed by atoms with E-state index >= 15 is 0 Å². The average molecular weight is 498 g/mol. The Balaban J connectivity index is 0.000000176. The van der Waals surface area contributed by atoms with Crippen molar-refractivity contribution in [3.05, 3.63) is 88.4 Å². The maximum absolute atomic E-state index is 10.8. The third kappa shape index (κ3) is 3.85. The molecule has 0 N–H and O–H groups in total. The smallest absolute Gasteiger partial charge is 0.260 e. The van der Waals surface area contributed by atoms with Gasteiger partial charge in [-0.1, -0.05) is 54.1 Å². The first-order valence-electron chi connectivity index (χ1n) is 11.7. The summed E-state index contributed by atoms with van der Waals surface area (Å²) in [5.41, 5.74) is 11.0. The van der Waals surface area contributed by atoms with Crippen molar-refractivity contribution in [3.8, 4) is 22.4 Å². The Kier molecular flexibility index (Phi) is 5.65. The van der Waals surface area contributed by atoms with E-state index in [0.29, 0.717) is 11.1 Å². The lowest BCUT2D eigenvalue weighted by molar-refractivity contribution is -0.587. The molecule has 0 amide bonds. The number of fused-ring (bicyclic) bond motifs is 4. The van der Waals surface area contributed by atoms with Gasteiger partial charge in [0.2, 0.25) is 5.69 Å². The SMILES string of the molecule is Cc1cc(C)c(S(=O)(=O)[O-])c(C)c1.Cc1nc(C)c2cc3c(n[n+]2c1C)-c1cccc2cccc-3c12.